The highest BCUT2D eigenvalue weighted by molar-refractivity contribution is 5.63. The van der Waals surface area contributed by atoms with Gasteiger partial charge in [0.25, 0.3) is 0 Å². The SMILES string of the molecule is CCNc1ncc(C)c(-c2c(C)cnn2C)n1. The van der Waals surface area contributed by atoms with Crippen LogP contribution in [-0.4, -0.2) is 26.3 Å². The number of aryl methyl sites for hydroxylation is 3. The summed E-state index contributed by atoms with van der Waals surface area (Å²) in [5.74, 6) is 0.661. The van der Waals surface area contributed by atoms with Crippen molar-refractivity contribution in [3.63, 3.8) is 0 Å². The van der Waals surface area contributed by atoms with Crippen LogP contribution in [0.2, 0.25) is 0 Å². The molecular formula is C12H17N5. The van der Waals surface area contributed by atoms with E-state index in [1.807, 2.05) is 44.9 Å². The van der Waals surface area contributed by atoms with Gasteiger partial charge in [-0.1, -0.05) is 0 Å². The topological polar surface area (TPSA) is 55.6 Å². The van der Waals surface area contributed by atoms with Crippen molar-refractivity contribution in [3.8, 4) is 11.4 Å². The van der Waals surface area contributed by atoms with Crippen molar-refractivity contribution in [2.24, 2.45) is 7.05 Å². The predicted molar refractivity (Wildman–Crippen MR) is 67.9 cm³/mol. The summed E-state index contributed by atoms with van der Waals surface area (Å²) in [6.07, 6.45) is 3.69. The summed E-state index contributed by atoms with van der Waals surface area (Å²) in [5.41, 5.74) is 4.16. The lowest BCUT2D eigenvalue weighted by Crippen LogP contribution is -2.05. The molecule has 0 saturated carbocycles. The summed E-state index contributed by atoms with van der Waals surface area (Å²) < 4.78 is 1.85. The average molecular weight is 231 g/mol. The van der Waals surface area contributed by atoms with E-state index in [0.29, 0.717) is 5.95 Å². The van der Waals surface area contributed by atoms with Gasteiger partial charge in [-0.25, -0.2) is 9.97 Å². The fourth-order valence-corrected chi connectivity index (χ4v) is 1.81. The lowest BCUT2D eigenvalue weighted by Gasteiger charge is -2.09. The fourth-order valence-electron chi connectivity index (χ4n) is 1.81. The smallest absolute Gasteiger partial charge is 0.223 e. The zero-order valence-corrected chi connectivity index (χ0v) is 10.7. The Kier molecular flexibility index (Phi) is 3.08. The van der Waals surface area contributed by atoms with Crippen molar-refractivity contribution in [1.29, 1.82) is 0 Å². The second-order valence-corrected chi connectivity index (χ2v) is 4.06. The molecule has 90 valence electrons. The van der Waals surface area contributed by atoms with Gasteiger partial charge < -0.3 is 5.32 Å². The van der Waals surface area contributed by atoms with Crippen LogP contribution < -0.4 is 5.32 Å². The van der Waals surface area contributed by atoms with Crippen LogP contribution in [0.1, 0.15) is 18.1 Å². The first-order chi connectivity index (χ1) is 8.13. The van der Waals surface area contributed by atoms with Gasteiger partial charge in [-0.15, -0.1) is 0 Å². The third kappa shape index (κ3) is 2.13. The molecule has 5 nitrogen and oxygen atoms in total. The summed E-state index contributed by atoms with van der Waals surface area (Å²) in [4.78, 5) is 8.79. The van der Waals surface area contributed by atoms with Gasteiger partial charge >= 0.3 is 0 Å². The highest BCUT2D eigenvalue weighted by atomic mass is 15.3. The van der Waals surface area contributed by atoms with Crippen LogP contribution in [0.5, 0.6) is 0 Å². The molecular weight excluding hydrogens is 214 g/mol. The van der Waals surface area contributed by atoms with E-state index in [0.717, 1.165) is 29.1 Å². The molecule has 0 saturated heterocycles. The van der Waals surface area contributed by atoms with E-state index < -0.39 is 0 Å². The Morgan fingerprint density at radius 1 is 1.24 bits per heavy atom. The summed E-state index contributed by atoms with van der Waals surface area (Å²) in [6.45, 7) is 6.89. The molecule has 17 heavy (non-hydrogen) atoms. The van der Waals surface area contributed by atoms with Gasteiger partial charge in [0.1, 0.15) is 0 Å². The minimum absolute atomic E-state index is 0.661. The van der Waals surface area contributed by atoms with Gasteiger partial charge in [0, 0.05) is 19.8 Å². The molecule has 0 aromatic carbocycles. The minimum atomic E-state index is 0.661. The Morgan fingerprint density at radius 3 is 2.59 bits per heavy atom. The second kappa shape index (κ2) is 4.53. The summed E-state index contributed by atoms with van der Waals surface area (Å²) in [5, 5.41) is 7.37. The van der Waals surface area contributed by atoms with E-state index in [-0.39, 0.29) is 0 Å². The normalized spacial score (nSPS) is 10.6. The third-order valence-electron chi connectivity index (χ3n) is 2.65. The van der Waals surface area contributed by atoms with Crippen LogP contribution in [0.25, 0.3) is 11.4 Å². The second-order valence-electron chi connectivity index (χ2n) is 4.06. The molecule has 5 heteroatoms. The minimum Gasteiger partial charge on any atom is -0.354 e. The zero-order valence-electron chi connectivity index (χ0n) is 10.7. The molecule has 0 spiro atoms. The molecule has 2 heterocycles. The van der Waals surface area contributed by atoms with Crippen LogP contribution >= 0.6 is 0 Å². The molecule has 0 aliphatic carbocycles. The first-order valence-corrected chi connectivity index (χ1v) is 5.70. The molecule has 0 radical (unpaired) electrons. The van der Waals surface area contributed by atoms with E-state index in [4.69, 9.17) is 0 Å². The van der Waals surface area contributed by atoms with Crippen molar-refractivity contribution in [2.75, 3.05) is 11.9 Å². The van der Waals surface area contributed by atoms with Crippen molar-refractivity contribution in [2.45, 2.75) is 20.8 Å². The number of aromatic nitrogens is 4. The first-order valence-electron chi connectivity index (χ1n) is 5.70. The third-order valence-corrected chi connectivity index (χ3v) is 2.65. The maximum Gasteiger partial charge on any atom is 0.223 e. The standard InChI is InChI=1S/C12H17N5/c1-5-13-12-14-6-8(2)10(16-12)11-9(3)7-15-17(11)4/h6-7H,5H2,1-4H3,(H,13,14,16). The largest absolute Gasteiger partial charge is 0.354 e. The van der Waals surface area contributed by atoms with Gasteiger partial charge in [0.05, 0.1) is 17.6 Å². The Bertz CT molecular complexity index is 510. The zero-order chi connectivity index (χ0) is 12.4. The van der Waals surface area contributed by atoms with Crippen molar-refractivity contribution in [1.82, 2.24) is 19.7 Å². The van der Waals surface area contributed by atoms with Crippen LogP contribution in [0, 0.1) is 13.8 Å². The fraction of sp³-hybridized carbons (Fsp3) is 0.417. The summed E-state index contributed by atoms with van der Waals surface area (Å²) >= 11 is 0. The lowest BCUT2D eigenvalue weighted by molar-refractivity contribution is 0.772. The van der Waals surface area contributed by atoms with Gasteiger partial charge in [0.15, 0.2) is 0 Å². The Morgan fingerprint density at radius 2 is 2.00 bits per heavy atom. The van der Waals surface area contributed by atoms with Gasteiger partial charge in [-0.3, -0.25) is 4.68 Å². The van der Waals surface area contributed by atoms with Crippen molar-refractivity contribution < 1.29 is 0 Å². The molecule has 2 aromatic heterocycles. The molecule has 1 N–H and O–H groups in total. The van der Waals surface area contributed by atoms with Crippen molar-refractivity contribution >= 4 is 5.95 Å². The Hall–Kier alpha value is -1.91. The van der Waals surface area contributed by atoms with Crippen molar-refractivity contribution in [3.05, 3.63) is 23.5 Å². The molecule has 0 atom stereocenters. The number of hydrogen-bond acceptors (Lipinski definition) is 4. The number of nitrogens with zero attached hydrogens (tertiary/aromatic N) is 4. The molecule has 0 unspecified atom stereocenters. The van der Waals surface area contributed by atoms with Crippen LogP contribution in [0.15, 0.2) is 12.4 Å². The van der Waals surface area contributed by atoms with Crippen LogP contribution in [0.3, 0.4) is 0 Å². The summed E-state index contributed by atoms with van der Waals surface area (Å²) in [6, 6.07) is 0. The molecule has 0 amide bonds. The molecule has 2 aromatic rings. The Labute approximate surface area is 101 Å². The quantitative estimate of drug-likeness (QED) is 0.877. The van der Waals surface area contributed by atoms with Gasteiger partial charge in [0.2, 0.25) is 5.95 Å². The number of nitrogens with one attached hydrogen (secondary N) is 1. The summed E-state index contributed by atoms with van der Waals surface area (Å²) in [7, 11) is 1.93. The van der Waals surface area contributed by atoms with E-state index in [9.17, 15) is 0 Å². The van der Waals surface area contributed by atoms with Crippen LogP contribution in [0.4, 0.5) is 5.95 Å². The van der Waals surface area contributed by atoms with Gasteiger partial charge in [-0.05, 0) is 31.9 Å². The molecule has 2 rings (SSSR count). The van der Waals surface area contributed by atoms with E-state index in [2.05, 4.69) is 20.4 Å². The van der Waals surface area contributed by atoms with Crippen LogP contribution in [-0.2, 0) is 7.05 Å². The number of hydrogen-bond donors (Lipinski definition) is 1. The average Bonchev–Trinajstić information content (AvgIpc) is 2.62. The molecule has 0 aliphatic rings. The maximum atomic E-state index is 4.54. The Balaban J connectivity index is 2.54. The highest BCUT2D eigenvalue weighted by Crippen LogP contribution is 2.24. The lowest BCUT2D eigenvalue weighted by atomic mass is 10.1. The molecule has 0 fully saturated rings. The van der Waals surface area contributed by atoms with Gasteiger partial charge in [-0.2, -0.15) is 5.10 Å². The van der Waals surface area contributed by atoms with E-state index >= 15 is 0 Å². The highest BCUT2D eigenvalue weighted by Gasteiger charge is 2.12. The first kappa shape index (κ1) is 11.6. The van der Waals surface area contributed by atoms with E-state index in [1.54, 1.807) is 0 Å². The predicted octanol–water partition coefficient (Wildman–Crippen LogP) is 1.93. The monoisotopic (exact) mass is 231 g/mol. The maximum absolute atomic E-state index is 4.54. The molecule has 0 aliphatic heterocycles. The molecule has 0 bridgehead atoms. The van der Waals surface area contributed by atoms with E-state index in [1.165, 1.54) is 0 Å². The number of rotatable bonds is 3. The number of anilines is 1.